The first-order valence-electron chi connectivity index (χ1n) is 7.78. The van der Waals surface area contributed by atoms with Gasteiger partial charge in [0.25, 0.3) is 0 Å². The summed E-state index contributed by atoms with van der Waals surface area (Å²) in [7, 11) is 0. The van der Waals surface area contributed by atoms with Crippen LogP contribution >= 0.6 is 24.0 Å². The van der Waals surface area contributed by atoms with Gasteiger partial charge < -0.3 is 15.2 Å². The minimum atomic E-state index is -2.63. The highest BCUT2D eigenvalue weighted by atomic mass is 127. The van der Waals surface area contributed by atoms with Crippen LogP contribution in [0.5, 0.6) is 0 Å². The number of aromatic nitrogens is 3. The van der Waals surface area contributed by atoms with E-state index in [2.05, 4.69) is 25.8 Å². The summed E-state index contributed by atoms with van der Waals surface area (Å²) in [5, 5.41) is 10.1. The highest BCUT2D eigenvalue weighted by molar-refractivity contribution is 14.0. The summed E-state index contributed by atoms with van der Waals surface area (Å²) in [5.74, 6) is 1.66. The zero-order valence-electron chi connectivity index (χ0n) is 14.4. The van der Waals surface area contributed by atoms with Gasteiger partial charge >= 0.3 is 6.55 Å². The molecule has 0 aromatic carbocycles. The Hall–Kier alpha value is -1.72. The number of nitrogens with zero attached hydrogens (tertiary/aromatic N) is 4. The Balaban J connectivity index is 0.00000312. The van der Waals surface area contributed by atoms with Crippen molar-refractivity contribution in [2.45, 2.75) is 46.3 Å². The van der Waals surface area contributed by atoms with E-state index in [0.29, 0.717) is 24.8 Å². The molecule has 2 rings (SSSR count). The van der Waals surface area contributed by atoms with Crippen molar-refractivity contribution in [2.75, 3.05) is 6.54 Å². The third-order valence-electron chi connectivity index (χ3n) is 3.28. The molecule has 0 aliphatic rings. The van der Waals surface area contributed by atoms with Crippen LogP contribution in [0.4, 0.5) is 8.78 Å². The monoisotopic (exact) mass is 468 g/mol. The molecule has 2 aromatic heterocycles. The largest absolute Gasteiger partial charge is 0.359 e. The Morgan fingerprint density at radius 1 is 1.36 bits per heavy atom. The molecule has 0 radical (unpaired) electrons. The average Bonchev–Trinajstić information content (AvgIpc) is 3.19. The lowest BCUT2D eigenvalue weighted by Crippen LogP contribution is -2.36. The molecule has 0 aliphatic heterocycles. The third-order valence-corrected chi connectivity index (χ3v) is 3.28. The van der Waals surface area contributed by atoms with Gasteiger partial charge in [-0.25, -0.2) is 9.98 Å². The number of hydrogen-bond acceptors (Lipinski definition) is 4. The van der Waals surface area contributed by atoms with E-state index < -0.39 is 6.55 Å². The minimum absolute atomic E-state index is 0. The summed E-state index contributed by atoms with van der Waals surface area (Å²) >= 11 is 0. The number of hydrogen-bond donors (Lipinski definition) is 2. The van der Waals surface area contributed by atoms with Crippen molar-refractivity contribution in [3.05, 3.63) is 35.7 Å². The first-order chi connectivity index (χ1) is 11.5. The van der Waals surface area contributed by atoms with Gasteiger partial charge in [0.15, 0.2) is 11.7 Å². The molecular weight excluding hydrogens is 445 g/mol. The van der Waals surface area contributed by atoms with Crippen LogP contribution < -0.4 is 10.6 Å². The SMILES string of the molecule is CCNC(=NCc1nccn1C(F)F)NCc1cc(C(C)C)no1.I. The molecular formula is C15H23F2IN6O. The summed E-state index contributed by atoms with van der Waals surface area (Å²) in [6.07, 6.45) is 2.57. The van der Waals surface area contributed by atoms with Gasteiger partial charge in [-0.3, -0.25) is 4.57 Å². The van der Waals surface area contributed by atoms with Crippen LogP contribution in [0.2, 0.25) is 0 Å². The Morgan fingerprint density at radius 2 is 2.12 bits per heavy atom. The van der Waals surface area contributed by atoms with Gasteiger partial charge in [0.1, 0.15) is 12.4 Å². The van der Waals surface area contributed by atoms with Gasteiger partial charge in [-0.2, -0.15) is 8.78 Å². The molecule has 140 valence electrons. The second-order valence-corrected chi connectivity index (χ2v) is 5.45. The Labute approximate surface area is 162 Å². The molecule has 25 heavy (non-hydrogen) atoms. The average molecular weight is 468 g/mol. The molecule has 0 atom stereocenters. The molecule has 10 heteroatoms. The molecule has 0 bridgehead atoms. The van der Waals surface area contributed by atoms with E-state index in [1.165, 1.54) is 12.4 Å². The van der Waals surface area contributed by atoms with Gasteiger partial charge in [0.05, 0.1) is 12.2 Å². The zero-order chi connectivity index (χ0) is 17.5. The molecule has 0 fully saturated rings. The fourth-order valence-corrected chi connectivity index (χ4v) is 1.99. The van der Waals surface area contributed by atoms with Gasteiger partial charge in [0.2, 0.25) is 0 Å². The van der Waals surface area contributed by atoms with Crippen molar-refractivity contribution < 1.29 is 13.3 Å². The van der Waals surface area contributed by atoms with Gasteiger partial charge in [-0.1, -0.05) is 19.0 Å². The third kappa shape index (κ3) is 6.25. The van der Waals surface area contributed by atoms with Gasteiger partial charge in [-0.15, -0.1) is 24.0 Å². The smallest absolute Gasteiger partial charge is 0.319 e. The van der Waals surface area contributed by atoms with E-state index >= 15 is 0 Å². The number of guanidine groups is 1. The summed E-state index contributed by atoms with van der Waals surface area (Å²) in [6, 6.07) is 1.88. The van der Waals surface area contributed by atoms with Crippen LogP contribution in [-0.2, 0) is 13.1 Å². The summed E-state index contributed by atoms with van der Waals surface area (Å²) in [6.45, 7) is 4.44. The first kappa shape index (κ1) is 21.3. The van der Waals surface area contributed by atoms with E-state index in [1.807, 2.05) is 26.8 Å². The highest BCUT2D eigenvalue weighted by Gasteiger charge is 2.11. The summed E-state index contributed by atoms with van der Waals surface area (Å²) in [4.78, 5) is 8.17. The molecule has 0 amide bonds. The van der Waals surface area contributed by atoms with Crippen molar-refractivity contribution in [2.24, 2.45) is 4.99 Å². The number of imidazole rings is 1. The molecule has 7 nitrogen and oxygen atoms in total. The lowest BCUT2D eigenvalue weighted by atomic mass is 10.1. The standard InChI is InChI=1S/C15H22F2N6O.HI/c1-4-18-15(20-8-11-7-12(10(2)3)22-24-11)21-9-13-19-5-6-23(13)14(16)17;/h5-7,10,14H,4,8-9H2,1-3H3,(H2,18,20,21);1H. The predicted octanol–water partition coefficient (Wildman–Crippen LogP) is 3.26. The Morgan fingerprint density at radius 3 is 2.72 bits per heavy atom. The molecule has 0 saturated heterocycles. The fourth-order valence-electron chi connectivity index (χ4n) is 1.99. The van der Waals surface area contributed by atoms with Crippen LogP contribution in [0.3, 0.4) is 0 Å². The van der Waals surface area contributed by atoms with Crippen molar-refractivity contribution in [1.29, 1.82) is 0 Å². The lowest BCUT2D eigenvalue weighted by Gasteiger charge is -2.10. The van der Waals surface area contributed by atoms with Crippen molar-refractivity contribution in [3.8, 4) is 0 Å². The van der Waals surface area contributed by atoms with Crippen LogP contribution in [-0.4, -0.2) is 27.2 Å². The fraction of sp³-hybridized carbons (Fsp3) is 0.533. The highest BCUT2D eigenvalue weighted by Crippen LogP contribution is 2.14. The van der Waals surface area contributed by atoms with Gasteiger partial charge in [0, 0.05) is 25.0 Å². The van der Waals surface area contributed by atoms with E-state index in [4.69, 9.17) is 4.52 Å². The van der Waals surface area contributed by atoms with Crippen LogP contribution in [0.1, 0.15) is 50.5 Å². The van der Waals surface area contributed by atoms with E-state index in [0.717, 1.165) is 10.3 Å². The van der Waals surface area contributed by atoms with Crippen LogP contribution in [0.25, 0.3) is 0 Å². The number of rotatable bonds is 7. The number of aliphatic imine (C=N–C) groups is 1. The van der Waals surface area contributed by atoms with Crippen molar-refractivity contribution in [3.63, 3.8) is 0 Å². The molecule has 0 saturated carbocycles. The Bertz CT molecular complexity index is 671. The normalized spacial score (nSPS) is 11.7. The van der Waals surface area contributed by atoms with Crippen molar-refractivity contribution >= 4 is 29.9 Å². The number of nitrogens with one attached hydrogen (secondary N) is 2. The molecule has 2 heterocycles. The quantitative estimate of drug-likeness (QED) is 0.371. The molecule has 2 N–H and O–H groups in total. The molecule has 0 unspecified atom stereocenters. The maximum absolute atomic E-state index is 12.8. The Kier molecular flexibility index (Phi) is 8.79. The zero-order valence-corrected chi connectivity index (χ0v) is 16.7. The van der Waals surface area contributed by atoms with E-state index in [9.17, 15) is 8.78 Å². The topological polar surface area (TPSA) is 80.3 Å². The van der Waals surface area contributed by atoms with E-state index in [1.54, 1.807) is 0 Å². The van der Waals surface area contributed by atoms with Crippen LogP contribution in [0.15, 0.2) is 28.0 Å². The molecule has 0 aliphatic carbocycles. The minimum Gasteiger partial charge on any atom is -0.359 e. The molecule has 0 spiro atoms. The maximum atomic E-state index is 12.8. The summed E-state index contributed by atoms with van der Waals surface area (Å²) < 4.78 is 31.6. The predicted molar refractivity (Wildman–Crippen MR) is 101 cm³/mol. The van der Waals surface area contributed by atoms with E-state index in [-0.39, 0.29) is 42.3 Å². The number of alkyl halides is 2. The van der Waals surface area contributed by atoms with Crippen molar-refractivity contribution in [1.82, 2.24) is 25.3 Å². The number of halogens is 3. The second-order valence-electron chi connectivity index (χ2n) is 5.45. The molecule has 2 aromatic rings. The maximum Gasteiger partial charge on any atom is 0.319 e. The lowest BCUT2D eigenvalue weighted by molar-refractivity contribution is 0.0671. The summed E-state index contributed by atoms with van der Waals surface area (Å²) in [5.41, 5.74) is 0.882. The second kappa shape index (κ2) is 10.3. The van der Waals surface area contributed by atoms with Crippen LogP contribution in [0, 0.1) is 0 Å². The first-order valence-corrected chi connectivity index (χ1v) is 7.78. The van der Waals surface area contributed by atoms with Gasteiger partial charge in [-0.05, 0) is 12.8 Å².